The number of rotatable bonds is 6. The summed E-state index contributed by atoms with van der Waals surface area (Å²) in [5.41, 5.74) is 4.49. The number of likely N-dealkylation sites (tertiary alicyclic amines) is 1. The second kappa shape index (κ2) is 9.27. The van der Waals surface area contributed by atoms with Crippen molar-refractivity contribution in [3.05, 3.63) is 58.1 Å². The van der Waals surface area contributed by atoms with Gasteiger partial charge in [0.15, 0.2) is 0 Å². The molecule has 0 aromatic heterocycles. The summed E-state index contributed by atoms with van der Waals surface area (Å²) < 4.78 is 5.35. The average molecular weight is 428 g/mol. The largest absolute Gasteiger partial charge is 0.496 e. The fourth-order valence-corrected chi connectivity index (χ4v) is 4.84. The van der Waals surface area contributed by atoms with E-state index in [1.807, 2.05) is 0 Å². The molecule has 0 spiro atoms. The molecule has 1 amide bonds. The van der Waals surface area contributed by atoms with Gasteiger partial charge in [0.2, 0.25) is 0 Å². The topological polar surface area (TPSA) is 44.8 Å². The first-order valence-corrected chi connectivity index (χ1v) is 11.1. The Hall–Kier alpha value is -2.24. The molecule has 6 heteroatoms. The van der Waals surface area contributed by atoms with E-state index in [4.69, 9.17) is 16.3 Å². The number of hydrogen-bond acceptors (Lipinski definition) is 4. The van der Waals surface area contributed by atoms with Crippen molar-refractivity contribution < 1.29 is 9.53 Å². The third-order valence-corrected chi connectivity index (χ3v) is 6.52. The first-order chi connectivity index (χ1) is 14.6. The van der Waals surface area contributed by atoms with Gasteiger partial charge in [-0.1, -0.05) is 23.7 Å². The molecule has 0 radical (unpaired) electrons. The van der Waals surface area contributed by atoms with Gasteiger partial charge in [0.25, 0.3) is 5.91 Å². The molecule has 2 aliphatic rings. The Bertz CT molecular complexity index is 911. The summed E-state index contributed by atoms with van der Waals surface area (Å²) in [7, 11) is 3.73. The number of fused-ring (bicyclic) bond motifs is 1. The quantitative estimate of drug-likeness (QED) is 0.746. The molecule has 0 aliphatic carbocycles. The highest BCUT2D eigenvalue weighted by Gasteiger charge is 2.26. The van der Waals surface area contributed by atoms with E-state index in [1.54, 1.807) is 25.3 Å². The van der Waals surface area contributed by atoms with E-state index in [2.05, 4.69) is 40.4 Å². The Balaban J connectivity index is 1.55. The standard InChI is InChI=1S/C24H30ClN3O2/c1-27-11-5-6-17-14-18(7-9-21(17)27)22(28-12-3-4-13-28)16-26-24(29)20-15-19(25)8-10-23(20)30-2/h7-10,14-15,22H,3-6,11-13,16H2,1-2H3,(H,26,29). The maximum absolute atomic E-state index is 12.9. The van der Waals surface area contributed by atoms with Crippen LogP contribution in [0.3, 0.4) is 0 Å². The van der Waals surface area contributed by atoms with Gasteiger partial charge in [0.05, 0.1) is 18.7 Å². The maximum atomic E-state index is 12.9. The number of amides is 1. The fraction of sp³-hybridized carbons (Fsp3) is 0.458. The summed E-state index contributed by atoms with van der Waals surface area (Å²) in [5, 5.41) is 3.66. The van der Waals surface area contributed by atoms with Crippen LogP contribution in [0.1, 0.15) is 46.8 Å². The summed E-state index contributed by atoms with van der Waals surface area (Å²) in [5.74, 6) is 0.377. The van der Waals surface area contributed by atoms with Crippen molar-refractivity contribution >= 4 is 23.2 Å². The summed E-state index contributed by atoms with van der Waals surface area (Å²) in [6.45, 7) is 3.80. The number of aryl methyl sites for hydroxylation is 1. The molecule has 2 aromatic carbocycles. The number of halogens is 1. The molecule has 160 valence electrons. The molecule has 4 rings (SSSR count). The second-order valence-corrected chi connectivity index (χ2v) is 8.66. The number of benzene rings is 2. The molecule has 30 heavy (non-hydrogen) atoms. The van der Waals surface area contributed by atoms with Crippen molar-refractivity contribution in [2.75, 3.05) is 45.2 Å². The highest BCUT2D eigenvalue weighted by Crippen LogP contribution is 2.32. The first-order valence-electron chi connectivity index (χ1n) is 10.8. The summed E-state index contributed by atoms with van der Waals surface area (Å²) >= 11 is 6.11. The van der Waals surface area contributed by atoms with E-state index >= 15 is 0 Å². The number of anilines is 1. The minimum Gasteiger partial charge on any atom is -0.496 e. The Morgan fingerprint density at radius 2 is 1.93 bits per heavy atom. The van der Waals surface area contributed by atoms with Crippen LogP contribution in [0, 0.1) is 0 Å². The van der Waals surface area contributed by atoms with Crippen LogP contribution >= 0.6 is 11.6 Å². The molecule has 1 N–H and O–H groups in total. The third-order valence-electron chi connectivity index (χ3n) is 6.28. The molecular weight excluding hydrogens is 398 g/mol. The van der Waals surface area contributed by atoms with Gasteiger partial charge in [-0.05, 0) is 74.2 Å². The molecule has 5 nitrogen and oxygen atoms in total. The van der Waals surface area contributed by atoms with Gasteiger partial charge in [-0.25, -0.2) is 0 Å². The van der Waals surface area contributed by atoms with Crippen LogP contribution in [0.25, 0.3) is 0 Å². The lowest BCUT2D eigenvalue weighted by Gasteiger charge is -2.32. The Morgan fingerprint density at radius 1 is 1.13 bits per heavy atom. The molecule has 2 aromatic rings. The number of nitrogens with one attached hydrogen (secondary N) is 1. The van der Waals surface area contributed by atoms with Crippen LogP contribution in [-0.4, -0.2) is 51.1 Å². The van der Waals surface area contributed by atoms with Gasteiger partial charge in [0, 0.05) is 30.8 Å². The first kappa shape index (κ1) is 21.0. The van der Waals surface area contributed by atoms with Crippen LogP contribution in [0.2, 0.25) is 5.02 Å². The fourth-order valence-electron chi connectivity index (χ4n) is 4.67. The number of carbonyl (C=O) groups excluding carboxylic acids is 1. The van der Waals surface area contributed by atoms with E-state index in [9.17, 15) is 4.79 Å². The smallest absolute Gasteiger partial charge is 0.255 e. The molecule has 0 saturated carbocycles. The zero-order valence-electron chi connectivity index (χ0n) is 17.8. The summed E-state index contributed by atoms with van der Waals surface area (Å²) in [4.78, 5) is 17.8. The third kappa shape index (κ3) is 4.42. The Labute approximate surface area is 184 Å². The Morgan fingerprint density at radius 3 is 2.70 bits per heavy atom. The van der Waals surface area contributed by atoms with Gasteiger partial charge < -0.3 is 15.0 Å². The van der Waals surface area contributed by atoms with E-state index < -0.39 is 0 Å². The van der Waals surface area contributed by atoms with Gasteiger partial charge in [-0.15, -0.1) is 0 Å². The SMILES string of the molecule is COc1ccc(Cl)cc1C(=O)NCC(c1ccc2c(c1)CCCN2C)N1CCCC1. The lowest BCUT2D eigenvalue weighted by molar-refractivity contribution is 0.0935. The highest BCUT2D eigenvalue weighted by molar-refractivity contribution is 6.31. The maximum Gasteiger partial charge on any atom is 0.255 e. The van der Waals surface area contributed by atoms with Gasteiger partial charge in [-0.2, -0.15) is 0 Å². The minimum atomic E-state index is -0.156. The minimum absolute atomic E-state index is 0.156. The number of hydrogen-bond donors (Lipinski definition) is 1. The molecule has 2 heterocycles. The Kier molecular flexibility index (Phi) is 6.49. The molecule has 2 aliphatic heterocycles. The van der Waals surface area contributed by atoms with Crippen molar-refractivity contribution in [2.24, 2.45) is 0 Å². The number of ether oxygens (including phenoxy) is 1. The normalized spacial score (nSPS) is 17.5. The molecule has 1 fully saturated rings. The van der Waals surface area contributed by atoms with Crippen LogP contribution in [0.15, 0.2) is 36.4 Å². The number of carbonyl (C=O) groups is 1. The van der Waals surface area contributed by atoms with Crippen molar-refractivity contribution in [1.82, 2.24) is 10.2 Å². The zero-order chi connectivity index (χ0) is 21.1. The second-order valence-electron chi connectivity index (χ2n) is 8.23. The van der Waals surface area contributed by atoms with Crippen LogP contribution in [-0.2, 0) is 6.42 Å². The predicted octanol–water partition coefficient (Wildman–Crippen LogP) is 4.30. The number of methoxy groups -OCH3 is 1. The van der Waals surface area contributed by atoms with Crippen molar-refractivity contribution in [3.8, 4) is 5.75 Å². The highest BCUT2D eigenvalue weighted by atomic mass is 35.5. The lowest BCUT2D eigenvalue weighted by Crippen LogP contribution is -2.37. The monoisotopic (exact) mass is 427 g/mol. The summed E-state index contributed by atoms with van der Waals surface area (Å²) in [6.07, 6.45) is 4.72. The molecule has 1 unspecified atom stereocenters. The van der Waals surface area contributed by atoms with E-state index in [-0.39, 0.29) is 11.9 Å². The molecule has 1 saturated heterocycles. The predicted molar refractivity (Wildman–Crippen MR) is 122 cm³/mol. The van der Waals surface area contributed by atoms with Gasteiger partial charge >= 0.3 is 0 Å². The van der Waals surface area contributed by atoms with E-state index in [1.165, 1.54) is 36.1 Å². The van der Waals surface area contributed by atoms with Crippen molar-refractivity contribution in [2.45, 2.75) is 31.7 Å². The summed E-state index contributed by atoms with van der Waals surface area (Å²) in [6, 6.07) is 12.1. The molecule has 1 atom stereocenters. The van der Waals surface area contributed by atoms with Crippen molar-refractivity contribution in [1.29, 1.82) is 0 Å². The van der Waals surface area contributed by atoms with E-state index in [0.29, 0.717) is 22.9 Å². The van der Waals surface area contributed by atoms with Crippen LogP contribution < -0.4 is 15.0 Å². The van der Waals surface area contributed by atoms with Crippen molar-refractivity contribution in [3.63, 3.8) is 0 Å². The van der Waals surface area contributed by atoms with Crippen LogP contribution in [0.4, 0.5) is 5.69 Å². The lowest BCUT2D eigenvalue weighted by atomic mass is 9.96. The number of nitrogens with zero attached hydrogens (tertiary/aromatic N) is 2. The average Bonchev–Trinajstić information content (AvgIpc) is 3.28. The van der Waals surface area contributed by atoms with Crippen LogP contribution in [0.5, 0.6) is 5.75 Å². The molecular formula is C24H30ClN3O2. The zero-order valence-corrected chi connectivity index (χ0v) is 18.5. The molecule has 0 bridgehead atoms. The van der Waals surface area contributed by atoms with Gasteiger partial charge in [-0.3, -0.25) is 9.69 Å². The van der Waals surface area contributed by atoms with Gasteiger partial charge in [0.1, 0.15) is 5.75 Å². The van der Waals surface area contributed by atoms with E-state index in [0.717, 1.165) is 26.1 Å².